The average Bonchev–Trinajstić information content (AvgIpc) is 2.44. The SMILES string of the molecule is CC(O)CNc1nccnc1-c1ccc(S(C)(=O)=O)cc1. The first-order chi connectivity index (χ1) is 9.88. The summed E-state index contributed by atoms with van der Waals surface area (Å²) in [4.78, 5) is 8.72. The van der Waals surface area contributed by atoms with Crippen LogP contribution in [0.15, 0.2) is 41.6 Å². The van der Waals surface area contributed by atoms with Gasteiger partial charge < -0.3 is 10.4 Å². The maximum atomic E-state index is 11.5. The van der Waals surface area contributed by atoms with E-state index in [0.717, 1.165) is 5.56 Å². The van der Waals surface area contributed by atoms with Crippen LogP contribution in [0.3, 0.4) is 0 Å². The molecule has 0 saturated carbocycles. The molecule has 0 aliphatic heterocycles. The van der Waals surface area contributed by atoms with Gasteiger partial charge in [0.1, 0.15) is 5.69 Å². The van der Waals surface area contributed by atoms with E-state index in [1.807, 2.05) is 0 Å². The van der Waals surface area contributed by atoms with Gasteiger partial charge in [-0.15, -0.1) is 0 Å². The number of hydrogen-bond acceptors (Lipinski definition) is 6. The lowest BCUT2D eigenvalue weighted by Crippen LogP contribution is -2.16. The van der Waals surface area contributed by atoms with Crippen LogP contribution in [0.1, 0.15) is 6.92 Å². The number of anilines is 1. The van der Waals surface area contributed by atoms with Gasteiger partial charge in [0.25, 0.3) is 0 Å². The summed E-state index contributed by atoms with van der Waals surface area (Å²) in [7, 11) is -3.22. The maximum Gasteiger partial charge on any atom is 0.175 e. The van der Waals surface area contributed by atoms with Crippen LogP contribution in [0.4, 0.5) is 5.82 Å². The molecule has 1 atom stereocenters. The van der Waals surface area contributed by atoms with Crippen molar-refractivity contribution >= 4 is 15.7 Å². The molecule has 0 radical (unpaired) electrons. The Morgan fingerprint density at radius 3 is 2.38 bits per heavy atom. The van der Waals surface area contributed by atoms with Gasteiger partial charge in [-0.1, -0.05) is 12.1 Å². The van der Waals surface area contributed by atoms with Crippen LogP contribution in [0.2, 0.25) is 0 Å². The second-order valence-corrected chi connectivity index (χ2v) is 6.80. The monoisotopic (exact) mass is 307 g/mol. The van der Waals surface area contributed by atoms with Crippen molar-refractivity contribution in [1.29, 1.82) is 0 Å². The molecule has 21 heavy (non-hydrogen) atoms. The molecule has 0 aliphatic carbocycles. The molecular weight excluding hydrogens is 290 g/mol. The lowest BCUT2D eigenvalue weighted by Gasteiger charge is -2.11. The second-order valence-electron chi connectivity index (χ2n) is 4.78. The highest BCUT2D eigenvalue weighted by atomic mass is 32.2. The molecule has 0 amide bonds. The Balaban J connectivity index is 2.34. The highest BCUT2D eigenvalue weighted by Gasteiger charge is 2.11. The smallest absolute Gasteiger partial charge is 0.175 e. The molecule has 2 N–H and O–H groups in total. The van der Waals surface area contributed by atoms with E-state index in [9.17, 15) is 13.5 Å². The Bertz CT molecular complexity index is 712. The summed E-state index contributed by atoms with van der Waals surface area (Å²) < 4.78 is 22.9. The van der Waals surface area contributed by atoms with E-state index >= 15 is 0 Å². The molecule has 1 unspecified atom stereocenters. The lowest BCUT2D eigenvalue weighted by molar-refractivity contribution is 0.208. The van der Waals surface area contributed by atoms with Crippen LogP contribution in [-0.4, -0.2) is 42.4 Å². The van der Waals surface area contributed by atoms with Crippen LogP contribution >= 0.6 is 0 Å². The molecule has 1 aromatic heterocycles. The van der Waals surface area contributed by atoms with E-state index in [2.05, 4.69) is 15.3 Å². The Morgan fingerprint density at radius 2 is 1.81 bits per heavy atom. The molecular formula is C14H17N3O3S. The Hall–Kier alpha value is -1.99. The minimum Gasteiger partial charge on any atom is -0.392 e. The fourth-order valence-corrected chi connectivity index (χ4v) is 2.41. The van der Waals surface area contributed by atoms with E-state index < -0.39 is 15.9 Å². The zero-order chi connectivity index (χ0) is 15.5. The van der Waals surface area contributed by atoms with E-state index in [-0.39, 0.29) is 4.90 Å². The van der Waals surface area contributed by atoms with Gasteiger partial charge in [0.2, 0.25) is 0 Å². The van der Waals surface area contributed by atoms with Crippen molar-refractivity contribution in [2.45, 2.75) is 17.9 Å². The minimum absolute atomic E-state index is 0.258. The van der Waals surface area contributed by atoms with Crippen LogP contribution < -0.4 is 5.32 Å². The van der Waals surface area contributed by atoms with Crippen molar-refractivity contribution in [3.05, 3.63) is 36.7 Å². The van der Waals surface area contributed by atoms with Crippen molar-refractivity contribution in [3.8, 4) is 11.3 Å². The molecule has 1 heterocycles. The van der Waals surface area contributed by atoms with Crippen molar-refractivity contribution in [2.24, 2.45) is 0 Å². The number of nitrogens with one attached hydrogen (secondary N) is 1. The van der Waals surface area contributed by atoms with Gasteiger partial charge >= 0.3 is 0 Å². The molecule has 0 fully saturated rings. The summed E-state index contributed by atoms with van der Waals surface area (Å²) >= 11 is 0. The van der Waals surface area contributed by atoms with Gasteiger partial charge in [0, 0.05) is 30.8 Å². The molecule has 1 aromatic carbocycles. The number of benzene rings is 1. The van der Waals surface area contributed by atoms with Crippen LogP contribution in [0.25, 0.3) is 11.3 Å². The highest BCUT2D eigenvalue weighted by molar-refractivity contribution is 7.90. The third-order valence-corrected chi connectivity index (χ3v) is 3.95. The van der Waals surface area contributed by atoms with Gasteiger partial charge in [0.05, 0.1) is 11.0 Å². The van der Waals surface area contributed by atoms with E-state index in [1.54, 1.807) is 31.5 Å². The van der Waals surface area contributed by atoms with Crippen molar-refractivity contribution < 1.29 is 13.5 Å². The second kappa shape index (κ2) is 6.19. The molecule has 112 valence electrons. The van der Waals surface area contributed by atoms with Crippen molar-refractivity contribution in [3.63, 3.8) is 0 Å². The van der Waals surface area contributed by atoms with Crippen molar-refractivity contribution in [1.82, 2.24) is 9.97 Å². The first kappa shape index (κ1) is 15.4. The molecule has 0 aliphatic rings. The summed E-state index contributed by atoms with van der Waals surface area (Å²) in [6, 6.07) is 6.46. The Labute approximate surface area is 123 Å². The average molecular weight is 307 g/mol. The third kappa shape index (κ3) is 3.99. The lowest BCUT2D eigenvalue weighted by atomic mass is 10.1. The quantitative estimate of drug-likeness (QED) is 0.866. The summed E-state index contributed by atoms with van der Waals surface area (Å²) in [5, 5.41) is 12.3. The normalized spacial score (nSPS) is 12.9. The molecule has 6 nitrogen and oxygen atoms in total. The fourth-order valence-electron chi connectivity index (χ4n) is 1.78. The number of aromatic nitrogens is 2. The summed E-state index contributed by atoms with van der Waals surface area (Å²) in [5.41, 5.74) is 1.36. The van der Waals surface area contributed by atoms with Gasteiger partial charge in [-0.3, -0.25) is 4.98 Å². The van der Waals surface area contributed by atoms with E-state index in [1.165, 1.54) is 18.4 Å². The predicted octanol–water partition coefficient (Wildman–Crippen LogP) is 1.34. The Kier molecular flexibility index (Phi) is 4.54. The first-order valence-electron chi connectivity index (χ1n) is 6.41. The van der Waals surface area contributed by atoms with Crippen LogP contribution in [-0.2, 0) is 9.84 Å². The van der Waals surface area contributed by atoms with Gasteiger partial charge in [-0.05, 0) is 19.1 Å². The molecule has 0 bridgehead atoms. The van der Waals surface area contributed by atoms with Gasteiger partial charge in [-0.25, -0.2) is 13.4 Å². The van der Waals surface area contributed by atoms with Crippen LogP contribution in [0.5, 0.6) is 0 Å². The number of rotatable bonds is 5. The van der Waals surface area contributed by atoms with E-state index in [4.69, 9.17) is 0 Å². The molecule has 2 aromatic rings. The fraction of sp³-hybridized carbons (Fsp3) is 0.286. The number of aliphatic hydroxyl groups is 1. The minimum atomic E-state index is -3.22. The van der Waals surface area contributed by atoms with E-state index in [0.29, 0.717) is 18.1 Å². The Morgan fingerprint density at radius 1 is 1.19 bits per heavy atom. The summed E-state index contributed by atoms with van der Waals surface area (Å²) in [6.45, 7) is 2.02. The maximum absolute atomic E-state index is 11.5. The standard InChI is InChI=1S/C14H17N3O3S/c1-10(18)9-17-14-13(15-7-8-16-14)11-3-5-12(6-4-11)21(2,19)20/h3-8,10,18H,9H2,1-2H3,(H,16,17). The number of hydrogen-bond donors (Lipinski definition) is 2. The zero-order valence-electron chi connectivity index (χ0n) is 11.8. The molecule has 0 spiro atoms. The zero-order valence-corrected chi connectivity index (χ0v) is 12.6. The number of nitrogens with zero attached hydrogens (tertiary/aromatic N) is 2. The first-order valence-corrected chi connectivity index (χ1v) is 8.30. The third-order valence-electron chi connectivity index (χ3n) is 2.82. The van der Waals surface area contributed by atoms with Crippen molar-refractivity contribution in [2.75, 3.05) is 18.1 Å². The summed E-state index contributed by atoms with van der Waals surface area (Å²) in [5.74, 6) is 0.547. The topological polar surface area (TPSA) is 92.2 Å². The number of sulfone groups is 1. The predicted molar refractivity (Wildman–Crippen MR) is 80.7 cm³/mol. The number of aliphatic hydroxyl groups excluding tert-OH is 1. The van der Waals surface area contributed by atoms with Gasteiger partial charge in [0.15, 0.2) is 15.7 Å². The largest absolute Gasteiger partial charge is 0.392 e. The molecule has 2 rings (SSSR count). The van der Waals surface area contributed by atoms with Gasteiger partial charge in [-0.2, -0.15) is 0 Å². The van der Waals surface area contributed by atoms with Crippen LogP contribution in [0, 0.1) is 0 Å². The highest BCUT2D eigenvalue weighted by Crippen LogP contribution is 2.24. The summed E-state index contributed by atoms with van der Waals surface area (Å²) in [6.07, 6.45) is 3.78. The molecule has 7 heteroatoms. The molecule has 0 saturated heterocycles.